The van der Waals surface area contributed by atoms with Crippen molar-refractivity contribution in [2.75, 3.05) is 25.5 Å². The number of carboxylic acid groups (broad SMARTS) is 1. The first-order valence-corrected chi connectivity index (χ1v) is 15.9. The lowest BCUT2D eigenvalue weighted by atomic mass is 10.1. The lowest BCUT2D eigenvalue weighted by molar-refractivity contribution is -0.138. The number of nitrogens with one attached hydrogen (secondary N) is 4. The number of carbonyl (C=O) groups excluding carboxylic acids is 1. The molecule has 1 unspecified atom stereocenters. The molecule has 1 amide bonds. The van der Waals surface area contributed by atoms with Gasteiger partial charge in [-0.25, -0.2) is 13.4 Å². The summed E-state index contributed by atoms with van der Waals surface area (Å²) in [4.78, 5) is 43.1. The van der Waals surface area contributed by atoms with Gasteiger partial charge in [-0.1, -0.05) is 23.8 Å². The summed E-state index contributed by atoms with van der Waals surface area (Å²) in [5, 5.41) is 18.9. The highest BCUT2D eigenvalue weighted by Gasteiger charge is 2.29. The van der Waals surface area contributed by atoms with Gasteiger partial charge in [0, 0.05) is 50.7 Å². The van der Waals surface area contributed by atoms with E-state index in [2.05, 4.69) is 25.7 Å². The van der Waals surface area contributed by atoms with Crippen molar-refractivity contribution in [2.45, 2.75) is 51.2 Å². The number of carbonyl (C=O) groups is 2. The van der Waals surface area contributed by atoms with Crippen molar-refractivity contribution in [3.8, 4) is 0 Å². The highest BCUT2D eigenvalue weighted by molar-refractivity contribution is 7.89. The number of amides is 1. The number of nitrogens with zero attached hydrogens (tertiary/aromatic N) is 3. The van der Waals surface area contributed by atoms with Gasteiger partial charge < -0.3 is 30.2 Å². The van der Waals surface area contributed by atoms with Gasteiger partial charge in [0.2, 0.25) is 21.4 Å². The van der Waals surface area contributed by atoms with E-state index in [4.69, 9.17) is 0 Å². The first kappa shape index (κ1) is 33.4. The van der Waals surface area contributed by atoms with Crippen LogP contribution in [0.25, 0.3) is 10.9 Å². The Morgan fingerprint density at radius 3 is 2.42 bits per heavy atom. The van der Waals surface area contributed by atoms with E-state index in [1.807, 2.05) is 42.4 Å². The number of aromatic nitrogens is 3. The molecule has 5 N–H and O–H groups in total. The molecule has 0 saturated carbocycles. The van der Waals surface area contributed by atoms with Crippen LogP contribution in [0.2, 0.25) is 0 Å². The maximum atomic E-state index is 13.5. The van der Waals surface area contributed by atoms with E-state index in [-0.39, 0.29) is 10.5 Å². The maximum absolute atomic E-state index is 13.5. The number of carboxylic acids is 1. The molecule has 0 saturated heterocycles. The van der Waals surface area contributed by atoms with Crippen molar-refractivity contribution < 1.29 is 23.1 Å². The van der Waals surface area contributed by atoms with Gasteiger partial charge in [-0.2, -0.15) is 4.72 Å². The smallest absolute Gasteiger partial charge is 0.323 e. The van der Waals surface area contributed by atoms with Gasteiger partial charge in [0.1, 0.15) is 11.6 Å². The zero-order valence-electron chi connectivity index (χ0n) is 26.0. The largest absolute Gasteiger partial charge is 0.480 e. The number of sulfonamides is 1. The molecule has 0 radical (unpaired) electrons. The second-order valence-electron chi connectivity index (χ2n) is 11.0. The number of anilines is 1. The first-order chi connectivity index (χ1) is 21.3. The Morgan fingerprint density at radius 1 is 1.09 bits per heavy atom. The fourth-order valence-corrected chi connectivity index (χ4v) is 6.98. The second-order valence-corrected chi connectivity index (χ2v) is 12.7. The highest BCUT2D eigenvalue weighted by atomic mass is 32.2. The molecule has 0 fully saturated rings. The van der Waals surface area contributed by atoms with Crippen molar-refractivity contribution in [2.24, 2.45) is 7.05 Å². The number of pyridine rings is 1. The van der Waals surface area contributed by atoms with Crippen molar-refractivity contribution >= 4 is 38.8 Å². The van der Waals surface area contributed by atoms with Crippen molar-refractivity contribution in [1.29, 1.82) is 0 Å². The molecule has 14 heteroatoms. The van der Waals surface area contributed by atoms with Crippen LogP contribution in [-0.4, -0.2) is 65.7 Å². The number of benzene rings is 2. The number of imidazole rings is 1. The topological polar surface area (TPSA) is 176 Å². The molecule has 4 rings (SSSR count). The highest BCUT2D eigenvalue weighted by Crippen LogP contribution is 2.22. The molecule has 1 atom stereocenters. The number of fused-ring (bicyclic) bond motifs is 1. The molecule has 0 spiro atoms. The van der Waals surface area contributed by atoms with E-state index >= 15 is 0 Å². The lowest BCUT2D eigenvalue weighted by Gasteiger charge is -2.19. The summed E-state index contributed by atoms with van der Waals surface area (Å²) in [6.45, 7) is 6.19. The van der Waals surface area contributed by atoms with Crippen LogP contribution >= 0.6 is 0 Å². The Balaban J connectivity index is 1.59. The molecule has 2 aromatic carbocycles. The minimum absolute atomic E-state index is 0.0147. The second kappa shape index (κ2) is 14.1. The Labute approximate surface area is 261 Å². The van der Waals surface area contributed by atoms with Crippen LogP contribution < -0.4 is 26.1 Å². The van der Waals surface area contributed by atoms with E-state index < -0.39 is 39.9 Å². The van der Waals surface area contributed by atoms with Gasteiger partial charge in [0.05, 0.1) is 10.4 Å². The Morgan fingerprint density at radius 2 is 1.80 bits per heavy atom. The average molecular weight is 638 g/mol. The Kier molecular flexibility index (Phi) is 10.4. The molecule has 4 aromatic rings. The fourth-order valence-electron chi connectivity index (χ4n) is 5.34. The van der Waals surface area contributed by atoms with Gasteiger partial charge in [0.25, 0.3) is 5.91 Å². The summed E-state index contributed by atoms with van der Waals surface area (Å²) in [6.07, 6.45) is 5.69. The number of aryl methyl sites for hydroxylation is 5. The minimum atomic E-state index is -4.24. The summed E-state index contributed by atoms with van der Waals surface area (Å²) < 4.78 is 32.2. The summed E-state index contributed by atoms with van der Waals surface area (Å²) in [6, 6.07) is 7.06. The summed E-state index contributed by atoms with van der Waals surface area (Å²) >= 11 is 0. The zero-order valence-corrected chi connectivity index (χ0v) is 26.8. The monoisotopic (exact) mass is 637 g/mol. The van der Waals surface area contributed by atoms with Crippen molar-refractivity contribution in [3.05, 3.63) is 87.0 Å². The molecule has 0 aliphatic carbocycles. The molecule has 2 heterocycles. The molecule has 0 aliphatic heterocycles. The number of hydrogen-bond donors (Lipinski definition) is 5. The number of rotatable bonds is 14. The third-order valence-electron chi connectivity index (χ3n) is 7.42. The van der Waals surface area contributed by atoms with E-state index in [1.54, 1.807) is 44.3 Å². The van der Waals surface area contributed by atoms with Gasteiger partial charge in [-0.05, 0) is 69.6 Å². The van der Waals surface area contributed by atoms with Gasteiger partial charge in [-0.3, -0.25) is 14.4 Å². The molecule has 45 heavy (non-hydrogen) atoms. The molecular weight excluding hydrogens is 598 g/mol. The average Bonchev–Trinajstić information content (AvgIpc) is 3.38. The standard InChI is InChI=1S/C31H39N7O6S/c1-19-13-20(2)28(21(3)14-19)45(43,44)36-25(30(41)42)17-34-29(40)24-18-38(11-6-9-32-4)26-15-22(7-8-23(26)27(24)39)16-35-31-33-10-12-37(31)5/h7-8,10,12-15,18,25,32,36H,6,9,11,16-17H2,1-5H3,(H,33,35)(H,34,40)(H,41,42). The molecule has 0 bridgehead atoms. The van der Waals surface area contributed by atoms with Crippen LogP contribution in [0.15, 0.2) is 58.6 Å². The van der Waals surface area contributed by atoms with Crippen molar-refractivity contribution in [3.63, 3.8) is 0 Å². The van der Waals surface area contributed by atoms with E-state index in [0.29, 0.717) is 54.0 Å². The number of hydrogen-bond acceptors (Lipinski definition) is 8. The zero-order chi connectivity index (χ0) is 32.9. The lowest BCUT2D eigenvalue weighted by Crippen LogP contribution is -2.49. The van der Waals surface area contributed by atoms with Crippen LogP contribution in [-0.2, 0) is 35.0 Å². The third kappa shape index (κ3) is 7.77. The number of aliphatic carboxylic acids is 1. The van der Waals surface area contributed by atoms with Crippen LogP contribution in [0.4, 0.5) is 5.95 Å². The van der Waals surface area contributed by atoms with Gasteiger partial charge in [0.15, 0.2) is 0 Å². The molecule has 13 nitrogen and oxygen atoms in total. The van der Waals surface area contributed by atoms with Crippen LogP contribution in [0, 0.1) is 20.8 Å². The quantitative estimate of drug-likeness (QED) is 0.130. The molecular formula is C31H39N7O6S. The maximum Gasteiger partial charge on any atom is 0.323 e. The first-order valence-electron chi connectivity index (χ1n) is 14.5. The Hall–Kier alpha value is -4.53. The Bertz CT molecular complexity index is 1880. The summed E-state index contributed by atoms with van der Waals surface area (Å²) in [7, 11) is -0.534. The fraction of sp³-hybridized carbons (Fsp3) is 0.355. The van der Waals surface area contributed by atoms with Gasteiger partial charge in [-0.15, -0.1) is 0 Å². The molecule has 2 aromatic heterocycles. The van der Waals surface area contributed by atoms with Crippen molar-refractivity contribution in [1.82, 2.24) is 29.5 Å². The van der Waals surface area contributed by atoms with Crippen LogP contribution in [0.3, 0.4) is 0 Å². The third-order valence-corrected chi connectivity index (χ3v) is 9.20. The molecule has 240 valence electrons. The van der Waals surface area contributed by atoms with E-state index in [1.165, 1.54) is 6.20 Å². The summed E-state index contributed by atoms with van der Waals surface area (Å²) in [5.41, 5.74) is 2.66. The van der Waals surface area contributed by atoms with Crippen LogP contribution in [0.5, 0.6) is 0 Å². The van der Waals surface area contributed by atoms with E-state index in [9.17, 15) is 27.9 Å². The predicted octanol–water partition coefficient (Wildman–Crippen LogP) is 2.04. The SMILES string of the molecule is CNCCCn1cc(C(=O)NCC(NS(=O)(=O)c2c(C)cc(C)cc2C)C(=O)O)c(=O)c2ccc(CNc3nccn3C)cc21. The van der Waals surface area contributed by atoms with Crippen LogP contribution in [0.1, 0.15) is 39.0 Å². The minimum Gasteiger partial charge on any atom is -0.480 e. The van der Waals surface area contributed by atoms with Gasteiger partial charge >= 0.3 is 5.97 Å². The summed E-state index contributed by atoms with van der Waals surface area (Å²) in [5.74, 6) is -1.59. The predicted molar refractivity (Wildman–Crippen MR) is 172 cm³/mol. The van der Waals surface area contributed by atoms with E-state index in [0.717, 1.165) is 11.1 Å². The normalized spacial score (nSPS) is 12.3. The molecule has 0 aliphatic rings.